The first-order valence-electron chi connectivity index (χ1n) is 8.18. The lowest BCUT2D eigenvalue weighted by Crippen LogP contribution is -2.28. The van der Waals surface area contributed by atoms with Gasteiger partial charge in [-0.2, -0.15) is 26.3 Å². The maximum absolute atomic E-state index is 13.1. The number of phenols is 1. The summed E-state index contributed by atoms with van der Waals surface area (Å²) in [6.07, 6.45) is -8.52. The van der Waals surface area contributed by atoms with Crippen LogP contribution in [0, 0.1) is 0 Å². The van der Waals surface area contributed by atoms with E-state index in [1.54, 1.807) is 0 Å². The molecule has 0 radical (unpaired) electrons. The quantitative estimate of drug-likeness (QED) is 0.487. The summed E-state index contributed by atoms with van der Waals surface area (Å²) in [4.78, 5) is 25.0. The fourth-order valence-corrected chi connectivity index (χ4v) is 3.60. The number of carbonyl (C=O) groups is 2. The summed E-state index contributed by atoms with van der Waals surface area (Å²) >= 11 is 0.400. The number of halogens is 6. The van der Waals surface area contributed by atoms with E-state index < -0.39 is 46.9 Å². The van der Waals surface area contributed by atoms with Crippen LogP contribution in [-0.2, 0) is 23.7 Å². The summed E-state index contributed by atoms with van der Waals surface area (Å²) in [7, 11) is 0. The molecular weight excluding hydrogens is 436 g/mol. The van der Waals surface area contributed by atoms with Crippen molar-refractivity contribution in [3.63, 3.8) is 0 Å². The fourth-order valence-electron chi connectivity index (χ4n) is 2.76. The molecule has 1 aliphatic heterocycles. The number of aromatic hydroxyl groups is 1. The molecular formula is C19H11F6NO3S. The first-order valence-corrected chi connectivity index (χ1v) is 9.00. The fraction of sp³-hybridized carbons (Fsp3) is 0.158. The second-order valence-electron chi connectivity index (χ2n) is 6.20. The van der Waals surface area contributed by atoms with E-state index in [1.807, 2.05) is 0 Å². The maximum Gasteiger partial charge on any atom is 0.419 e. The number of alkyl halides is 6. The Bertz CT molecular complexity index is 1050. The van der Waals surface area contributed by atoms with Crippen molar-refractivity contribution < 1.29 is 41.0 Å². The molecule has 1 fully saturated rings. The van der Waals surface area contributed by atoms with E-state index in [4.69, 9.17) is 0 Å². The van der Waals surface area contributed by atoms with Crippen molar-refractivity contribution >= 4 is 29.0 Å². The molecule has 0 bridgehead atoms. The van der Waals surface area contributed by atoms with Gasteiger partial charge >= 0.3 is 12.4 Å². The van der Waals surface area contributed by atoms with E-state index in [1.165, 1.54) is 12.1 Å². The van der Waals surface area contributed by atoms with E-state index in [0.29, 0.717) is 22.7 Å². The van der Waals surface area contributed by atoms with Crippen molar-refractivity contribution in [2.24, 2.45) is 0 Å². The first kappa shape index (κ1) is 21.8. The molecule has 2 amide bonds. The van der Waals surface area contributed by atoms with E-state index in [9.17, 15) is 41.0 Å². The van der Waals surface area contributed by atoms with E-state index in [-0.39, 0.29) is 16.0 Å². The van der Waals surface area contributed by atoms with Crippen molar-refractivity contribution in [3.8, 4) is 5.75 Å². The second kappa shape index (κ2) is 7.71. The van der Waals surface area contributed by atoms with Crippen LogP contribution in [0.3, 0.4) is 0 Å². The Kier molecular flexibility index (Phi) is 5.59. The number of thioether (sulfide) groups is 1. The number of phenolic OH excluding ortho intramolecular Hbond substituents is 1. The minimum absolute atomic E-state index is 0.110. The summed E-state index contributed by atoms with van der Waals surface area (Å²) in [6, 6.07) is 6.95. The van der Waals surface area contributed by atoms with Crippen LogP contribution in [0.15, 0.2) is 47.4 Å². The van der Waals surface area contributed by atoms with Gasteiger partial charge in [0.05, 0.1) is 22.6 Å². The standard InChI is InChI=1S/C19H11F6NO3S/c20-18(21,22)12-4-2-1-3-11(12)9-26-16(28)15(30-17(26)29)8-10-5-6-14(27)13(7-10)19(23,24)25/h1-8,27H,9H2/b15-8-. The van der Waals surface area contributed by atoms with Gasteiger partial charge in [0.1, 0.15) is 5.75 Å². The smallest absolute Gasteiger partial charge is 0.419 e. The number of amides is 2. The second-order valence-corrected chi connectivity index (χ2v) is 7.19. The zero-order valence-electron chi connectivity index (χ0n) is 14.7. The minimum Gasteiger partial charge on any atom is -0.507 e. The number of nitrogens with zero attached hydrogens (tertiary/aromatic N) is 1. The number of hydrogen-bond acceptors (Lipinski definition) is 4. The molecule has 30 heavy (non-hydrogen) atoms. The van der Waals surface area contributed by atoms with Gasteiger partial charge in [0.25, 0.3) is 11.1 Å². The Labute approximate surface area is 169 Å². The van der Waals surface area contributed by atoms with Crippen molar-refractivity contribution in [2.45, 2.75) is 18.9 Å². The molecule has 158 valence electrons. The Morgan fingerprint density at radius 1 is 0.933 bits per heavy atom. The van der Waals surface area contributed by atoms with Gasteiger partial charge < -0.3 is 5.11 Å². The predicted molar refractivity (Wildman–Crippen MR) is 96.1 cm³/mol. The highest BCUT2D eigenvalue weighted by atomic mass is 32.2. The average molecular weight is 447 g/mol. The van der Waals surface area contributed by atoms with Gasteiger partial charge in [-0.05, 0) is 47.2 Å². The third-order valence-corrected chi connectivity index (χ3v) is 5.06. The van der Waals surface area contributed by atoms with Gasteiger partial charge in [-0.3, -0.25) is 14.5 Å². The van der Waals surface area contributed by atoms with Crippen LogP contribution in [0.5, 0.6) is 5.75 Å². The highest BCUT2D eigenvalue weighted by Gasteiger charge is 2.39. The molecule has 1 heterocycles. The molecule has 11 heteroatoms. The molecule has 0 unspecified atom stereocenters. The minimum atomic E-state index is -4.84. The van der Waals surface area contributed by atoms with Crippen LogP contribution in [0.1, 0.15) is 22.3 Å². The van der Waals surface area contributed by atoms with Crippen LogP contribution in [0.4, 0.5) is 31.1 Å². The average Bonchev–Trinajstić information content (AvgIpc) is 2.89. The van der Waals surface area contributed by atoms with Gasteiger partial charge in [0.15, 0.2) is 0 Å². The maximum atomic E-state index is 13.1. The molecule has 0 spiro atoms. The third-order valence-electron chi connectivity index (χ3n) is 4.15. The zero-order valence-corrected chi connectivity index (χ0v) is 15.5. The molecule has 0 atom stereocenters. The van der Waals surface area contributed by atoms with Gasteiger partial charge in [0.2, 0.25) is 0 Å². The van der Waals surface area contributed by atoms with Gasteiger partial charge in [-0.15, -0.1) is 0 Å². The van der Waals surface area contributed by atoms with Crippen LogP contribution >= 0.6 is 11.8 Å². The number of hydrogen-bond donors (Lipinski definition) is 1. The van der Waals surface area contributed by atoms with Crippen molar-refractivity contribution in [2.75, 3.05) is 0 Å². The molecule has 1 aliphatic rings. The summed E-state index contributed by atoms with van der Waals surface area (Å²) in [5, 5.41) is 8.51. The monoisotopic (exact) mass is 447 g/mol. The Balaban J connectivity index is 1.90. The third kappa shape index (κ3) is 4.45. The largest absolute Gasteiger partial charge is 0.507 e. The lowest BCUT2D eigenvalue weighted by atomic mass is 10.1. The number of imide groups is 1. The highest BCUT2D eigenvalue weighted by Crippen LogP contribution is 2.39. The van der Waals surface area contributed by atoms with E-state index >= 15 is 0 Å². The van der Waals surface area contributed by atoms with Crippen LogP contribution in [0.25, 0.3) is 6.08 Å². The van der Waals surface area contributed by atoms with Crippen molar-refractivity contribution in [1.82, 2.24) is 4.90 Å². The molecule has 0 aliphatic carbocycles. The molecule has 1 saturated heterocycles. The summed E-state index contributed by atoms with van der Waals surface area (Å²) in [6.45, 7) is -0.638. The van der Waals surface area contributed by atoms with Gasteiger partial charge in [-0.1, -0.05) is 24.3 Å². The molecule has 1 N–H and O–H groups in total. The predicted octanol–water partition coefficient (Wildman–Crippen LogP) is 5.67. The molecule has 2 aromatic rings. The SMILES string of the molecule is O=C1S/C(=C\c2ccc(O)c(C(F)(F)F)c2)C(=O)N1Cc1ccccc1C(F)(F)F. The molecule has 3 rings (SSSR count). The number of rotatable bonds is 3. The molecule has 2 aromatic carbocycles. The normalized spacial score (nSPS) is 16.6. The lowest BCUT2D eigenvalue weighted by molar-refractivity contribution is -0.139. The van der Waals surface area contributed by atoms with Crippen LogP contribution in [-0.4, -0.2) is 21.2 Å². The Morgan fingerprint density at radius 2 is 1.57 bits per heavy atom. The van der Waals surface area contributed by atoms with E-state index in [2.05, 4.69) is 0 Å². The lowest BCUT2D eigenvalue weighted by Gasteiger charge is -2.17. The topological polar surface area (TPSA) is 57.6 Å². The number of benzene rings is 2. The summed E-state index contributed by atoms with van der Waals surface area (Å²) in [5.41, 5.74) is -2.73. The Morgan fingerprint density at radius 3 is 2.20 bits per heavy atom. The first-order chi connectivity index (χ1) is 13.9. The molecule has 0 saturated carbocycles. The van der Waals surface area contributed by atoms with Crippen molar-refractivity contribution in [1.29, 1.82) is 0 Å². The van der Waals surface area contributed by atoms with Gasteiger partial charge in [-0.25, -0.2) is 0 Å². The van der Waals surface area contributed by atoms with Crippen molar-refractivity contribution in [3.05, 3.63) is 69.6 Å². The van der Waals surface area contributed by atoms with E-state index in [0.717, 1.165) is 30.3 Å². The Hall–Kier alpha value is -2.95. The van der Waals surface area contributed by atoms with Crippen LogP contribution in [0.2, 0.25) is 0 Å². The summed E-state index contributed by atoms with van der Waals surface area (Å²) < 4.78 is 78.1. The van der Waals surface area contributed by atoms with Crippen LogP contribution < -0.4 is 0 Å². The number of carbonyl (C=O) groups excluding carboxylic acids is 2. The zero-order chi connectivity index (χ0) is 22.3. The highest BCUT2D eigenvalue weighted by molar-refractivity contribution is 8.18. The summed E-state index contributed by atoms with van der Waals surface area (Å²) in [5.74, 6) is -1.93. The molecule has 4 nitrogen and oxygen atoms in total. The molecule has 0 aromatic heterocycles. The van der Waals surface area contributed by atoms with Gasteiger partial charge in [0, 0.05) is 0 Å².